The third-order valence-corrected chi connectivity index (χ3v) is 3.44. The molecule has 3 rings (SSSR count). The first-order chi connectivity index (χ1) is 7.59. The molecule has 0 radical (unpaired) electrons. The third kappa shape index (κ3) is 1.15. The Labute approximate surface area is 95.8 Å². The Morgan fingerprint density at radius 2 is 1.94 bits per heavy atom. The molecular weight excluding hydrogens is 194 g/mol. The molecule has 1 aliphatic carbocycles. The Bertz CT molecular complexity index is 601. The normalized spacial score (nSPS) is 17.3. The van der Waals surface area contributed by atoms with E-state index in [1.807, 2.05) is 6.20 Å². The minimum absolute atomic E-state index is 0.111. The number of pyridine rings is 1. The van der Waals surface area contributed by atoms with Crippen molar-refractivity contribution in [3.05, 3.63) is 47.8 Å². The molecule has 1 aliphatic rings. The average molecular weight is 209 g/mol. The molecule has 0 N–H and O–H groups in total. The fraction of sp³-hybridized carbons (Fsp3) is 0.267. The molecule has 0 unspecified atom stereocenters. The van der Waals surface area contributed by atoms with Gasteiger partial charge in [-0.1, -0.05) is 38.1 Å². The molecule has 0 fully saturated rings. The van der Waals surface area contributed by atoms with Gasteiger partial charge in [0.1, 0.15) is 0 Å². The van der Waals surface area contributed by atoms with E-state index in [1.54, 1.807) is 0 Å². The summed E-state index contributed by atoms with van der Waals surface area (Å²) in [6.07, 6.45) is 4.22. The van der Waals surface area contributed by atoms with Crippen LogP contribution in [-0.4, -0.2) is 4.98 Å². The van der Waals surface area contributed by atoms with E-state index in [0.29, 0.717) is 0 Å². The number of nitrogens with zero attached hydrogens (tertiary/aromatic N) is 1. The topological polar surface area (TPSA) is 12.9 Å². The lowest BCUT2D eigenvalue weighted by Gasteiger charge is -2.29. The van der Waals surface area contributed by atoms with Gasteiger partial charge in [0.2, 0.25) is 0 Å². The van der Waals surface area contributed by atoms with Crippen molar-refractivity contribution >= 4 is 16.3 Å². The van der Waals surface area contributed by atoms with Crippen molar-refractivity contribution in [2.45, 2.75) is 26.2 Å². The van der Waals surface area contributed by atoms with Crippen LogP contribution in [0, 0.1) is 0 Å². The van der Waals surface area contributed by atoms with Gasteiger partial charge < -0.3 is 0 Å². The van der Waals surface area contributed by atoms with Gasteiger partial charge in [0.05, 0.1) is 5.69 Å². The molecule has 1 aromatic carbocycles. The van der Waals surface area contributed by atoms with Gasteiger partial charge >= 0.3 is 0 Å². The standard InChI is InChI=1S/C15H15N/c1-10-9-15(2,3)12-6-4-5-11-7-8-16-14(10)13(11)12/h4-9H,1-3H3. The fourth-order valence-electron chi connectivity index (χ4n) is 2.75. The van der Waals surface area contributed by atoms with Crippen LogP contribution in [0.2, 0.25) is 0 Å². The van der Waals surface area contributed by atoms with Crippen molar-refractivity contribution < 1.29 is 0 Å². The number of benzene rings is 1. The van der Waals surface area contributed by atoms with Crippen molar-refractivity contribution in [3.63, 3.8) is 0 Å². The lowest BCUT2D eigenvalue weighted by atomic mass is 9.76. The summed E-state index contributed by atoms with van der Waals surface area (Å²) >= 11 is 0. The van der Waals surface area contributed by atoms with Crippen molar-refractivity contribution in [2.24, 2.45) is 0 Å². The van der Waals surface area contributed by atoms with E-state index < -0.39 is 0 Å². The predicted molar refractivity (Wildman–Crippen MR) is 68.4 cm³/mol. The Morgan fingerprint density at radius 1 is 1.12 bits per heavy atom. The molecule has 0 atom stereocenters. The van der Waals surface area contributed by atoms with Crippen molar-refractivity contribution in [1.29, 1.82) is 0 Å². The van der Waals surface area contributed by atoms with Crippen molar-refractivity contribution in [3.8, 4) is 0 Å². The predicted octanol–water partition coefficient (Wildman–Crippen LogP) is 3.93. The summed E-state index contributed by atoms with van der Waals surface area (Å²) in [5.41, 5.74) is 3.93. The third-order valence-electron chi connectivity index (χ3n) is 3.44. The fourth-order valence-corrected chi connectivity index (χ4v) is 2.75. The van der Waals surface area contributed by atoms with E-state index in [4.69, 9.17) is 0 Å². The number of allylic oxidation sites excluding steroid dienone is 2. The second kappa shape index (κ2) is 2.94. The minimum atomic E-state index is 0.111. The van der Waals surface area contributed by atoms with E-state index in [1.165, 1.54) is 21.9 Å². The maximum Gasteiger partial charge on any atom is 0.0737 e. The van der Waals surface area contributed by atoms with Crippen LogP contribution < -0.4 is 0 Å². The van der Waals surface area contributed by atoms with E-state index in [0.717, 1.165) is 5.69 Å². The molecule has 80 valence electrons. The summed E-state index contributed by atoms with van der Waals surface area (Å²) in [6, 6.07) is 8.61. The van der Waals surface area contributed by atoms with Gasteiger partial charge in [-0.05, 0) is 29.5 Å². The van der Waals surface area contributed by atoms with Crippen LogP contribution in [0.4, 0.5) is 0 Å². The SMILES string of the molecule is CC1=CC(C)(C)c2cccc3ccnc1c23. The molecule has 1 heteroatoms. The largest absolute Gasteiger partial charge is 0.256 e. The maximum absolute atomic E-state index is 4.52. The van der Waals surface area contributed by atoms with Crippen LogP contribution in [0.15, 0.2) is 36.5 Å². The van der Waals surface area contributed by atoms with Crippen LogP contribution in [0.3, 0.4) is 0 Å². The maximum atomic E-state index is 4.52. The summed E-state index contributed by atoms with van der Waals surface area (Å²) in [5, 5.41) is 2.62. The van der Waals surface area contributed by atoms with Crippen LogP contribution in [0.1, 0.15) is 32.0 Å². The zero-order chi connectivity index (χ0) is 11.3. The zero-order valence-corrected chi connectivity index (χ0v) is 9.91. The van der Waals surface area contributed by atoms with E-state index in [9.17, 15) is 0 Å². The van der Waals surface area contributed by atoms with Crippen LogP contribution in [0.5, 0.6) is 0 Å². The lowest BCUT2D eigenvalue weighted by molar-refractivity contribution is 0.673. The first-order valence-electron chi connectivity index (χ1n) is 5.68. The average Bonchev–Trinajstić information content (AvgIpc) is 2.25. The van der Waals surface area contributed by atoms with Crippen LogP contribution in [-0.2, 0) is 5.41 Å². The zero-order valence-electron chi connectivity index (χ0n) is 9.91. The Morgan fingerprint density at radius 3 is 2.75 bits per heavy atom. The highest BCUT2D eigenvalue weighted by Gasteiger charge is 2.26. The molecule has 0 saturated heterocycles. The first-order valence-corrected chi connectivity index (χ1v) is 5.68. The highest BCUT2D eigenvalue weighted by molar-refractivity contribution is 5.97. The monoisotopic (exact) mass is 209 g/mol. The summed E-state index contributed by atoms with van der Waals surface area (Å²) in [5.74, 6) is 0. The molecule has 0 aliphatic heterocycles. The van der Waals surface area contributed by atoms with Gasteiger partial charge in [-0.25, -0.2) is 0 Å². The minimum Gasteiger partial charge on any atom is -0.256 e. The van der Waals surface area contributed by atoms with Gasteiger partial charge in [-0.3, -0.25) is 4.98 Å². The molecular formula is C15H15N. The van der Waals surface area contributed by atoms with Gasteiger partial charge in [0.15, 0.2) is 0 Å². The van der Waals surface area contributed by atoms with Gasteiger partial charge in [-0.15, -0.1) is 0 Å². The van der Waals surface area contributed by atoms with E-state index in [-0.39, 0.29) is 5.41 Å². The van der Waals surface area contributed by atoms with Crippen molar-refractivity contribution in [2.75, 3.05) is 0 Å². The van der Waals surface area contributed by atoms with Crippen LogP contribution >= 0.6 is 0 Å². The second-order valence-electron chi connectivity index (χ2n) is 5.11. The quantitative estimate of drug-likeness (QED) is 0.640. The molecule has 2 aromatic rings. The van der Waals surface area contributed by atoms with Crippen LogP contribution in [0.25, 0.3) is 16.3 Å². The highest BCUT2D eigenvalue weighted by atomic mass is 14.7. The van der Waals surface area contributed by atoms with Gasteiger partial charge in [0, 0.05) is 17.0 Å². The second-order valence-corrected chi connectivity index (χ2v) is 5.11. The summed E-state index contributed by atoms with van der Waals surface area (Å²) in [7, 11) is 0. The van der Waals surface area contributed by atoms with E-state index >= 15 is 0 Å². The summed E-state index contributed by atoms with van der Waals surface area (Å²) in [4.78, 5) is 4.52. The Hall–Kier alpha value is -1.63. The number of hydrogen-bond acceptors (Lipinski definition) is 1. The molecule has 1 nitrogen and oxygen atoms in total. The number of rotatable bonds is 0. The van der Waals surface area contributed by atoms with Crippen molar-refractivity contribution in [1.82, 2.24) is 4.98 Å². The Balaban J connectivity index is 2.54. The molecule has 1 aromatic heterocycles. The van der Waals surface area contributed by atoms with Gasteiger partial charge in [-0.2, -0.15) is 0 Å². The molecule has 0 spiro atoms. The highest BCUT2D eigenvalue weighted by Crippen LogP contribution is 2.40. The number of hydrogen-bond donors (Lipinski definition) is 0. The molecule has 0 saturated carbocycles. The number of aromatic nitrogens is 1. The smallest absolute Gasteiger partial charge is 0.0737 e. The summed E-state index contributed by atoms with van der Waals surface area (Å²) < 4.78 is 0. The molecule has 0 bridgehead atoms. The molecule has 16 heavy (non-hydrogen) atoms. The Kier molecular flexibility index (Phi) is 1.76. The molecule has 0 amide bonds. The van der Waals surface area contributed by atoms with E-state index in [2.05, 4.69) is 56.1 Å². The lowest BCUT2D eigenvalue weighted by Crippen LogP contribution is -2.18. The van der Waals surface area contributed by atoms with Gasteiger partial charge in [0.25, 0.3) is 0 Å². The summed E-state index contributed by atoms with van der Waals surface area (Å²) in [6.45, 7) is 6.68. The first kappa shape index (κ1) is 9.59. The molecule has 1 heterocycles.